The number of carbonyl (C=O) groups is 2. The highest BCUT2D eigenvalue weighted by Crippen LogP contribution is 2.47. The molecule has 0 saturated carbocycles. The van der Waals surface area contributed by atoms with E-state index >= 15 is 0 Å². The third kappa shape index (κ3) is 7.21. The summed E-state index contributed by atoms with van der Waals surface area (Å²) in [6, 6.07) is 9.54. The molecule has 9 nitrogen and oxygen atoms in total. The minimum atomic E-state index is -3.75. The minimum Gasteiger partial charge on any atom is -0.444 e. The number of urea groups is 1. The van der Waals surface area contributed by atoms with Crippen LogP contribution >= 0.6 is 7.60 Å². The number of carbonyl (C=O) groups excluding carboxylic acids is 2. The Morgan fingerprint density at radius 3 is 2.49 bits per heavy atom. The molecule has 10 heteroatoms. The fourth-order valence-corrected chi connectivity index (χ4v) is 6.12. The van der Waals surface area contributed by atoms with Crippen LogP contribution in [0.15, 0.2) is 30.3 Å². The summed E-state index contributed by atoms with van der Waals surface area (Å²) in [5, 5.41) is 2.96. The van der Waals surface area contributed by atoms with Gasteiger partial charge in [-0.25, -0.2) is 9.59 Å². The highest BCUT2D eigenvalue weighted by atomic mass is 31.2. The number of benzene rings is 1. The molecule has 196 valence electrons. The molecule has 2 saturated heterocycles. The number of hydrogen-bond donors (Lipinski definition) is 2. The fourth-order valence-electron chi connectivity index (χ4n) is 4.93. The van der Waals surface area contributed by atoms with Crippen LogP contribution in [-0.4, -0.2) is 71.4 Å². The molecule has 0 bridgehead atoms. The average Bonchev–Trinajstić information content (AvgIpc) is 3.12. The Hall–Kier alpha value is -2.09. The lowest BCUT2D eigenvalue weighted by Crippen LogP contribution is -2.47. The first-order valence-corrected chi connectivity index (χ1v) is 14.3. The predicted molar refractivity (Wildman–Crippen MR) is 134 cm³/mol. The van der Waals surface area contributed by atoms with Gasteiger partial charge < -0.3 is 29.3 Å². The molecule has 1 aromatic rings. The SMILES string of the molecule is CCOP(=O)(O)CCC1(c2ccccc2)CNC(=O)N1CCC1CCN(C(=O)OC(C)(C)C)CC1. The smallest absolute Gasteiger partial charge is 0.410 e. The van der Waals surface area contributed by atoms with Crippen LogP contribution in [0.2, 0.25) is 0 Å². The van der Waals surface area contributed by atoms with Crippen LogP contribution in [0.25, 0.3) is 0 Å². The van der Waals surface area contributed by atoms with Gasteiger partial charge in [0.2, 0.25) is 0 Å². The standard InChI is InChI=1S/C25H40N3O6P/c1-5-33-35(31,32)18-14-25(21-9-7-6-8-10-21)19-26-22(29)28(25)17-13-20-11-15-27(16-12-20)23(30)34-24(2,3)4/h6-10,20H,5,11-19H2,1-4H3,(H,26,29)(H,31,32). The molecule has 2 N–H and O–H groups in total. The molecule has 2 atom stereocenters. The molecule has 2 heterocycles. The Morgan fingerprint density at radius 2 is 1.89 bits per heavy atom. The van der Waals surface area contributed by atoms with E-state index in [-0.39, 0.29) is 24.9 Å². The zero-order valence-electron chi connectivity index (χ0n) is 21.4. The Bertz CT molecular complexity index is 914. The molecular formula is C25H40N3O6P. The number of hydrogen-bond acceptors (Lipinski definition) is 5. The van der Waals surface area contributed by atoms with Crippen molar-refractivity contribution in [2.45, 2.75) is 64.5 Å². The van der Waals surface area contributed by atoms with Gasteiger partial charge in [-0.2, -0.15) is 0 Å². The Kier molecular flexibility index (Phi) is 8.89. The van der Waals surface area contributed by atoms with Crippen LogP contribution in [0.5, 0.6) is 0 Å². The Balaban J connectivity index is 1.67. The zero-order valence-corrected chi connectivity index (χ0v) is 22.3. The minimum absolute atomic E-state index is 0.0323. The molecule has 2 fully saturated rings. The summed E-state index contributed by atoms with van der Waals surface area (Å²) in [5.74, 6) is 0.378. The quantitative estimate of drug-likeness (QED) is 0.473. The normalized spacial score (nSPS) is 23.2. The predicted octanol–water partition coefficient (Wildman–Crippen LogP) is 4.56. The second-order valence-electron chi connectivity index (χ2n) is 10.4. The van der Waals surface area contributed by atoms with Crippen LogP contribution in [0.4, 0.5) is 9.59 Å². The summed E-state index contributed by atoms with van der Waals surface area (Å²) in [6.45, 7) is 9.62. The van der Waals surface area contributed by atoms with E-state index in [0.29, 0.717) is 38.5 Å². The molecule has 0 aliphatic carbocycles. The number of rotatable bonds is 9. The lowest BCUT2D eigenvalue weighted by atomic mass is 9.85. The molecule has 3 rings (SSSR count). The van der Waals surface area contributed by atoms with E-state index in [9.17, 15) is 19.0 Å². The third-order valence-corrected chi connectivity index (χ3v) is 8.22. The van der Waals surface area contributed by atoms with Gasteiger partial charge in [0.25, 0.3) is 0 Å². The molecule has 0 radical (unpaired) electrons. The largest absolute Gasteiger partial charge is 0.444 e. The van der Waals surface area contributed by atoms with E-state index in [1.54, 1.807) is 11.8 Å². The summed E-state index contributed by atoms with van der Waals surface area (Å²) in [5.41, 5.74) is -0.293. The lowest BCUT2D eigenvalue weighted by Gasteiger charge is -2.39. The topological polar surface area (TPSA) is 108 Å². The van der Waals surface area contributed by atoms with Crippen LogP contribution in [-0.2, 0) is 19.4 Å². The molecule has 2 unspecified atom stereocenters. The van der Waals surface area contributed by atoms with E-state index in [1.165, 1.54) is 0 Å². The van der Waals surface area contributed by atoms with Gasteiger partial charge in [0.15, 0.2) is 0 Å². The summed E-state index contributed by atoms with van der Waals surface area (Å²) in [4.78, 5) is 39.1. The number of likely N-dealkylation sites (tertiary alicyclic amines) is 1. The number of ether oxygens (including phenoxy) is 1. The Labute approximate surface area is 208 Å². The van der Waals surface area contributed by atoms with Gasteiger partial charge in [-0.15, -0.1) is 0 Å². The second-order valence-corrected chi connectivity index (χ2v) is 12.4. The van der Waals surface area contributed by atoms with E-state index in [2.05, 4.69) is 5.32 Å². The first-order valence-electron chi connectivity index (χ1n) is 12.5. The van der Waals surface area contributed by atoms with Crippen molar-refractivity contribution in [3.63, 3.8) is 0 Å². The molecule has 0 spiro atoms. The average molecular weight is 510 g/mol. The van der Waals surface area contributed by atoms with Crippen molar-refractivity contribution < 1.29 is 28.3 Å². The summed E-state index contributed by atoms with van der Waals surface area (Å²) in [6.07, 6.45) is 2.51. The van der Waals surface area contributed by atoms with Crippen molar-refractivity contribution in [2.24, 2.45) is 5.92 Å². The van der Waals surface area contributed by atoms with E-state index in [0.717, 1.165) is 24.8 Å². The number of piperidine rings is 1. The van der Waals surface area contributed by atoms with Crippen LogP contribution in [0.1, 0.15) is 58.9 Å². The van der Waals surface area contributed by atoms with Gasteiger partial charge in [-0.1, -0.05) is 30.3 Å². The zero-order chi connectivity index (χ0) is 25.7. The second kappa shape index (κ2) is 11.3. The first-order chi connectivity index (χ1) is 16.5. The molecule has 2 aliphatic heterocycles. The molecule has 3 amide bonds. The fraction of sp³-hybridized carbons (Fsp3) is 0.680. The molecule has 1 aromatic carbocycles. The number of nitrogens with zero attached hydrogens (tertiary/aromatic N) is 2. The van der Waals surface area contributed by atoms with Gasteiger partial charge in [0.05, 0.1) is 18.3 Å². The van der Waals surface area contributed by atoms with Crippen LogP contribution in [0.3, 0.4) is 0 Å². The maximum absolute atomic E-state index is 12.9. The molecule has 0 aromatic heterocycles. The van der Waals surface area contributed by atoms with Gasteiger partial charge in [0.1, 0.15) is 5.60 Å². The summed E-state index contributed by atoms with van der Waals surface area (Å²) in [7, 11) is -3.75. The summed E-state index contributed by atoms with van der Waals surface area (Å²) < 4.78 is 23.1. The van der Waals surface area contributed by atoms with Gasteiger partial charge in [0, 0.05) is 26.2 Å². The maximum Gasteiger partial charge on any atom is 0.410 e. The van der Waals surface area contributed by atoms with Crippen molar-refractivity contribution >= 4 is 19.7 Å². The van der Waals surface area contributed by atoms with Crippen molar-refractivity contribution in [2.75, 3.05) is 38.9 Å². The van der Waals surface area contributed by atoms with E-state index in [4.69, 9.17) is 9.26 Å². The number of amides is 3. The van der Waals surface area contributed by atoms with Crippen molar-refractivity contribution in [3.05, 3.63) is 35.9 Å². The van der Waals surface area contributed by atoms with Gasteiger partial charge >= 0.3 is 19.7 Å². The third-order valence-electron chi connectivity index (χ3n) is 6.77. The maximum atomic E-state index is 12.9. The first kappa shape index (κ1) is 27.5. The lowest BCUT2D eigenvalue weighted by molar-refractivity contribution is 0.0176. The van der Waals surface area contributed by atoms with Crippen LogP contribution < -0.4 is 5.32 Å². The molecule has 35 heavy (non-hydrogen) atoms. The van der Waals surface area contributed by atoms with Crippen molar-refractivity contribution in [3.8, 4) is 0 Å². The monoisotopic (exact) mass is 509 g/mol. The van der Waals surface area contributed by atoms with Gasteiger partial charge in [-0.05, 0) is 64.9 Å². The number of nitrogens with one attached hydrogen (secondary N) is 1. The van der Waals surface area contributed by atoms with Gasteiger partial charge in [-0.3, -0.25) is 4.57 Å². The van der Waals surface area contributed by atoms with Crippen molar-refractivity contribution in [1.82, 2.24) is 15.1 Å². The highest BCUT2D eigenvalue weighted by molar-refractivity contribution is 7.52. The van der Waals surface area contributed by atoms with E-state index in [1.807, 2.05) is 56.0 Å². The van der Waals surface area contributed by atoms with Crippen LogP contribution in [0, 0.1) is 5.92 Å². The highest BCUT2D eigenvalue weighted by Gasteiger charge is 2.47. The molecule has 2 aliphatic rings. The van der Waals surface area contributed by atoms with Crippen molar-refractivity contribution in [1.29, 1.82) is 0 Å². The van der Waals surface area contributed by atoms with E-state index < -0.39 is 18.7 Å². The summed E-state index contributed by atoms with van der Waals surface area (Å²) >= 11 is 0. The Morgan fingerprint density at radius 1 is 1.23 bits per heavy atom. The molecular weight excluding hydrogens is 469 g/mol.